The number of aryl methyl sites for hydroxylation is 4. The maximum Gasteiger partial charge on any atom is 0.383 e. The van der Waals surface area contributed by atoms with Crippen LogP contribution in [-0.2, 0) is 38.3 Å². The van der Waals surface area contributed by atoms with E-state index in [-0.39, 0.29) is 59.3 Å². The zero-order valence-electron chi connectivity index (χ0n) is 44.7. The van der Waals surface area contributed by atoms with Crippen LogP contribution in [0.25, 0.3) is 55.7 Å². The largest absolute Gasteiger partial charge is 0.486 e. The molecule has 0 amide bonds. The van der Waals surface area contributed by atoms with Crippen molar-refractivity contribution in [2.75, 3.05) is 0 Å². The summed E-state index contributed by atoms with van der Waals surface area (Å²) in [5.74, 6) is -25.4. The second-order valence-electron chi connectivity index (χ2n) is 14.3. The molecule has 7 aromatic rings. The first kappa shape index (κ1) is 28.5. The van der Waals surface area contributed by atoms with Gasteiger partial charge in [0, 0.05) is 57.1 Å². The Morgan fingerprint density at radius 2 is 1.46 bits per heavy atom. The molecule has 1 aliphatic rings. The van der Waals surface area contributed by atoms with Crippen molar-refractivity contribution in [3.8, 4) is 33.6 Å². The molecule has 4 nitrogen and oxygen atoms in total. The number of fused-ring (bicyclic) bond motifs is 5. The minimum atomic E-state index is -6.69. The second kappa shape index (κ2) is 15.2. The molecule has 0 saturated carbocycles. The standard InChI is InChI=1S/C26H19F8N2O.C20H18N.Ir/c1-12-18-19(24(29,30)26(33,34)25(31,32)23(18,27)28)17-15-7-5-6-14(20(15)37-21(17)36-12)16-10-13(8-9-35-16)11-22(2,3)4;1-14-9-10-18(20-11-15(2)16(3)13-21-20)12-19(14)17-7-5-4-6-8-17;/h5,7-10H,11H2,1-4H3;4-9,11-13H,1-3H3;/q2*-1;/i1D3,11D2;1D3,2D3,3D3;. The van der Waals surface area contributed by atoms with Gasteiger partial charge in [0.25, 0.3) is 0 Å². The number of pyridine rings is 3. The number of nitrogens with zero attached hydrogens (tertiary/aromatic N) is 3. The molecule has 4 aromatic heterocycles. The quantitative estimate of drug-likeness (QED) is 0.130. The van der Waals surface area contributed by atoms with Crippen LogP contribution in [0.3, 0.4) is 0 Å². The third-order valence-electron chi connectivity index (χ3n) is 9.14. The zero-order chi connectivity index (χ0) is 54.0. The number of alkyl halides is 8. The fraction of sp³-hybridized carbons (Fsp3) is 0.283. The van der Waals surface area contributed by atoms with E-state index in [1.165, 1.54) is 30.5 Å². The first-order chi connectivity index (χ1) is 32.7. The Balaban J connectivity index is 0.000000248. The molecule has 0 aliphatic heterocycles. The summed E-state index contributed by atoms with van der Waals surface area (Å²) < 4.78 is 233. The van der Waals surface area contributed by atoms with Gasteiger partial charge in [0.1, 0.15) is 0 Å². The number of hydrogen-bond donors (Lipinski definition) is 0. The van der Waals surface area contributed by atoms with E-state index in [0.717, 1.165) is 18.3 Å². The van der Waals surface area contributed by atoms with Gasteiger partial charge >= 0.3 is 23.7 Å². The Hall–Kier alpha value is -5.00. The molecule has 1 radical (unpaired) electrons. The van der Waals surface area contributed by atoms with Crippen molar-refractivity contribution in [3.05, 3.63) is 136 Å². The smallest absolute Gasteiger partial charge is 0.383 e. The van der Waals surface area contributed by atoms with E-state index in [9.17, 15) is 17.6 Å². The molecule has 0 unspecified atom stereocenters. The van der Waals surface area contributed by atoms with E-state index in [4.69, 9.17) is 23.6 Å². The molecule has 0 saturated heterocycles. The topological polar surface area (TPSA) is 51.8 Å². The van der Waals surface area contributed by atoms with Crippen LogP contribution >= 0.6 is 0 Å². The normalized spacial score (nSPS) is 20.8. The van der Waals surface area contributed by atoms with Crippen molar-refractivity contribution in [1.29, 1.82) is 0 Å². The van der Waals surface area contributed by atoms with E-state index >= 15 is 17.6 Å². The average Bonchev–Trinajstić information content (AvgIpc) is 3.65. The van der Waals surface area contributed by atoms with Crippen molar-refractivity contribution >= 4 is 22.1 Å². The fourth-order valence-electron chi connectivity index (χ4n) is 6.47. The maximum absolute atomic E-state index is 15.4. The Morgan fingerprint density at radius 1 is 0.763 bits per heavy atom. The maximum atomic E-state index is 15.4. The predicted molar refractivity (Wildman–Crippen MR) is 207 cm³/mol. The summed E-state index contributed by atoms with van der Waals surface area (Å²) in [4.78, 5) is 11.6. The van der Waals surface area contributed by atoms with Gasteiger partial charge in [-0.2, -0.15) is 35.1 Å². The number of rotatable bonds is 4. The van der Waals surface area contributed by atoms with Crippen molar-refractivity contribution < 1.29 is 78.8 Å². The molecule has 0 spiro atoms. The van der Waals surface area contributed by atoms with Gasteiger partial charge in [0.2, 0.25) is 5.71 Å². The zero-order valence-corrected chi connectivity index (χ0v) is 33.1. The van der Waals surface area contributed by atoms with Crippen molar-refractivity contribution in [2.45, 2.75) is 78.2 Å². The van der Waals surface area contributed by atoms with Crippen molar-refractivity contribution in [1.82, 2.24) is 15.0 Å². The molecule has 59 heavy (non-hydrogen) atoms. The van der Waals surface area contributed by atoms with Gasteiger partial charge < -0.3 is 14.4 Å². The van der Waals surface area contributed by atoms with Crippen LogP contribution in [-0.4, -0.2) is 26.8 Å². The SMILES string of the molecule is [2H]C([2H])([2H])c1c[c-]c(-c2cc(C([2H])([2H])[2H])c(C([2H])([2H])[2H])cn2)cc1-c1ccccc1.[2H]C([2H])([2H])c1nc2oc3c(-c4cc(C([2H])([2H])C(C)(C)C)ccn4)[c-]ccc3c2c2c1C(F)(F)C(F)(F)C(F)(F)C2(F)F.[Ir]. The molecule has 0 bridgehead atoms. The summed E-state index contributed by atoms with van der Waals surface area (Å²) in [6, 6.07) is 23.3. The van der Waals surface area contributed by atoms with Gasteiger partial charge in [-0.1, -0.05) is 97.7 Å². The van der Waals surface area contributed by atoms with Crippen LogP contribution in [0.4, 0.5) is 35.1 Å². The first-order valence-electron chi connectivity index (χ1n) is 24.1. The number of aromatic nitrogens is 3. The molecule has 13 heteroatoms. The van der Waals surface area contributed by atoms with Gasteiger partial charge in [0.15, 0.2) is 0 Å². The Bertz CT molecular complexity index is 3240. The number of halogens is 8. The number of hydrogen-bond acceptors (Lipinski definition) is 4. The molecule has 309 valence electrons. The van der Waals surface area contributed by atoms with Gasteiger partial charge in [-0.3, -0.25) is 0 Å². The Labute approximate surface area is 369 Å². The number of furan rings is 1. The molecular formula is C46H37F8IrN3O-2. The van der Waals surface area contributed by atoms with E-state index in [1.54, 1.807) is 51.1 Å². The molecule has 0 atom stereocenters. The summed E-state index contributed by atoms with van der Waals surface area (Å²) in [6.07, 6.45) is 0.317. The predicted octanol–water partition coefficient (Wildman–Crippen LogP) is 13.3. The van der Waals surface area contributed by atoms with Gasteiger partial charge in [-0.25, -0.2) is 4.98 Å². The van der Waals surface area contributed by atoms with E-state index in [2.05, 4.69) is 27.1 Å². The third-order valence-corrected chi connectivity index (χ3v) is 9.14. The Morgan fingerprint density at radius 3 is 2.12 bits per heavy atom. The minimum absolute atomic E-state index is 0. The molecule has 0 fully saturated rings. The van der Waals surface area contributed by atoms with Crippen molar-refractivity contribution in [3.63, 3.8) is 0 Å². The van der Waals surface area contributed by atoms with E-state index in [1.807, 2.05) is 6.07 Å². The molecule has 1 aliphatic carbocycles. The molecule has 8 rings (SSSR count). The van der Waals surface area contributed by atoms with Crippen molar-refractivity contribution in [2.24, 2.45) is 5.41 Å². The second-order valence-corrected chi connectivity index (χ2v) is 14.3. The Kier molecular flexibility index (Phi) is 7.35. The first-order valence-corrected chi connectivity index (χ1v) is 17.1. The summed E-state index contributed by atoms with van der Waals surface area (Å²) in [7, 11) is 0. The summed E-state index contributed by atoms with van der Waals surface area (Å²) in [6.45, 7) is -6.59. The van der Waals surface area contributed by atoms with Crippen LogP contribution in [0, 0.1) is 45.0 Å². The van der Waals surface area contributed by atoms with E-state index in [0.29, 0.717) is 16.7 Å². The van der Waals surface area contributed by atoms with Crippen LogP contribution in [0.15, 0.2) is 89.6 Å². The minimum Gasteiger partial charge on any atom is -0.486 e. The molecular weight excluding hydrogens is 955 g/mol. The monoisotopic (exact) mass is 1010 g/mol. The van der Waals surface area contributed by atoms with Crippen LogP contribution in [0.1, 0.15) is 79.0 Å². The van der Waals surface area contributed by atoms with E-state index < -0.39 is 102 Å². The van der Waals surface area contributed by atoms with Crippen LogP contribution < -0.4 is 0 Å². The fourth-order valence-corrected chi connectivity index (χ4v) is 6.47. The van der Waals surface area contributed by atoms with Gasteiger partial charge in [0.05, 0.1) is 22.4 Å². The van der Waals surface area contributed by atoms with Crippen LogP contribution in [0.5, 0.6) is 0 Å². The number of benzene rings is 3. The van der Waals surface area contributed by atoms with Gasteiger partial charge in [-0.15, -0.1) is 47.5 Å². The summed E-state index contributed by atoms with van der Waals surface area (Å²) >= 11 is 0. The summed E-state index contributed by atoms with van der Waals surface area (Å²) in [5, 5.41) is -1.79. The molecule has 0 N–H and O–H groups in total. The van der Waals surface area contributed by atoms with Gasteiger partial charge in [-0.05, 0) is 60.9 Å². The molecule has 4 heterocycles. The molecule has 3 aromatic carbocycles. The third kappa shape index (κ3) is 7.34. The van der Waals surface area contributed by atoms with Crippen LogP contribution in [0.2, 0.25) is 0 Å². The average molecular weight is 1010 g/mol. The summed E-state index contributed by atoms with van der Waals surface area (Å²) in [5.41, 5.74) is -8.34.